The third-order valence-electron chi connectivity index (χ3n) is 3.14. The zero-order valence-electron chi connectivity index (χ0n) is 8.35. The molecule has 1 atom stereocenters. The lowest BCUT2D eigenvalue weighted by atomic mass is 10.0. The predicted molar refractivity (Wildman–Crippen MR) is 52.3 cm³/mol. The fourth-order valence-corrected chi connectivity index (χ4v) is 2.30. The van der Waals surface area contributed by atoms with Gasteiger partial charge in [-0.25, -0.2) is 0 Å². The van der Waals surface area contributed by atoms with Crippen LogP contribution in [0.15, 0.2) is 0 Å². The van der Waals surface area contributed by atoms with Crippen LogP contribution in [0.5, 0.6) is 0 Å². The van der Waals surface area contributed by atoms with E-state index in [-0.39, 0.29) is 5.91 Å². The maximum Gasteiger partial charge on any atom is 0.225 e. The van der Waals surface area contributed by atoms with Crippen molar-refractivity contribution >= 4 is 5.91 Å². The summed E-state index contributed by atoms with van der Waals surface area (Å²) in [7, 11) is 3.87. The Morgan fingerprint density at radius 3 is 2.50 bits per heavy atom. The van der Waals surface area contributed by atoms with Crippen molar-refractivity contribution in [1.82, 2.24) is 9.80 Å². The van der Waals surface area contributed by atoms with Gasteiger partial charge in [-0.2, -0.15) is 0 Å². The zero-order valence-corrected chi connectivity index (χ0v) is 8.35. The summed E-state index contributed by atoms with van der Waals surface area (Å²) in [6.45, 7) is 2.43. The van der Waals surface area contributed by atoms with Crippen molar-refractivity contribution in [2.45, 2.75) is 31.4 Å². The smallest absolute Gasteiger partial charge is 0.225 e. The van der Waals surface area contributed by atoms with Gasteiger partial charge in [0.1, 0.15) is 0 Å². The van der Waals surface area contributed by atoms with Crippen LogP contribution in [-0.4, -0.2) is 52.6 Å². The van der Waals surface area contributed by atoms with E-state index >= 15 is 0 Å². The second kappa shape index (κ2) is 3.87. The number of carbonyl (C=O) groups is 1. The highest BCUT2D eigenvalue weighted by Crippen LogP contribution is 2.21. The fourth-order valence-electron chi connectivity index (χ4n) is 2.30. The van der Waals surface area contributed by atoms with E-state index in [0.29, 0.717) is 19.0 Å². The van der Waals surface area contributed by atoms with Crippen LogP contribution in [0.1, 0.15) is 19.3 Å². The molecule has 2 aliphatic heterocycles. The minimum atomic E-state index is -0.444. The van der Waals surface area contributed by atoms with E-state index in [9.17, 15) is 9.90 Å². The molecule has 0 aromatic rings. The molecule has 4 heteroatoms. The van der Waals surface area contributed by atoms with Crippen molar-refractivity contribution in [2.75, 3.05) is 19.6 Å². The Morgan fingerprint density at radius 1 is 1.36 bits per heavy atom. The summed E-state index contributed by atoms with van der Waals surface area (Å²) in [6.07, 6.45) is 1.84. The number of hydrogen-bond donors (Lipinski definition) is 1. The van der Waals surface area contributed by atoms with Gasteiger partial charge >= 0.3 is 0 Å². The predicted octanol–water partition coefficient (Wildman–Crippen LogP) is -0.164. The fraction of sp³-hybridized carbons (Fsp3) is 0.800. The van der Waals surface area contributed by atoms with E-state index in [1.807, 2.05) is 9.80 Å². The Labute approximate surface area is 84.5 Å². The number of rotatable bonds is 1. The van der Waals surface area contributed by atoms with Gasteiger partial charge in [0, 0.05) is 32.7 Å². The summed E-state index contributed by atoms with van der Waals surface area (Å²) in [5.41, 5.74) is 0. The standard InChI is InChI=1S/C10H17N2O2/c1-11-4-2-8(3-5-11)12-7-9(13)6-10(12)14/h8-9,13H,1-7H2. The molecule has 1 radical (unpaired) electrons. The maximum absolute atomic E-state index is 11.5. The van der Waals surface area contributed by atoms with Crippen LogP contribution in [0.4, 0.5) is 0 Å². The molecule has 2 heterocycles. The van der Waals surface area contributed by atoms with Crippen LogP contribution < -0.4 is 0 Å². The molecule has 0 aromatic heterocycles. The quantitative estimate of drug-likeness (QED) is 0.635. The molecular formula is C10H17N2O2. The Balaban J connectivity index is 1.92. The van der Waals surface area contributed by atoms with E-state index in [2.05, 4.69) is 7.05 Å². The summed E-state index contributed by atoms with van der Waals surface area (Å²) >= 11 is 0. The second-order valence-corrected chi connectivity index (χ2v) is 4.25. The molecule has 14 heavy (non-hydrogen) atoms. The largest absolute Gasteiger partial charge is 0.391 e. The number of amides is 1. The van der Waals surface area contributed by atoms with Crippen molar-refractivity contribution in [3.63, 3.8) is 0 Å². The molecule has 1 amide bonds. The zero-order chi connectivity index (χ0) is 10.1. The second-order valence-electron chi connectivity index (χ2n) is 4.25. The number of likely N-dealkylation sites (tertiary alicyclic amines) is 2. The first kappa shape index (κ1) is 9.93. The van der Waals surface area contributed by atoms with Crippen LogP contribution in [0, 0.1) is 7.05 Å². The SMILES string of the molecule is [CH2]N1CCC(N2CC(O)CC2=O)CC1. The summed E-state index contributed by atoms with van der Waals surface area (Å²) < 4.78 is 0. The third-order valence-corrected chi connectivity index (χ3v) is 3.14. The molecule has 0 aromatic carbocycles. The number of aliphatic hydroxyl groups excluding tert-OH is 1. The normalized spacial score (nSPS) is 31.4. The summed E-state index contributed by atoms with van der Waals surface area (Å²) in [5, 5.41) is 9.37. The number of piperidine rings is 1. The molecule has 2 fully saturated rings. The number of carbonyl (C=O) groups excluding carboxylic acids is 1. The number of β-amino-alcohol motifs (C(OH)–C–C–N with tert-alkyl or cyclic N) is 1. The topological polar surface area (TPSA) is 43.8 Å². The molecule has 79 valence electrons. The van der Waals surface area contributed by atoms with Crippen LogP contribution in [0.3, 0.4) is 0 Å². The highest BCUT2D eigenvalue weighted by molar-refractivity contribution is 5.79. The maximum atomic E-state index is 11.5. The van der Waals surface area contributed by atoms with Gasteiger partial charge in [-0.3, -0.25) is 4.79 Å². The molecule has 1 unspecified atom stereocenters. The first-order valence-electron chi connectivity index (χ1n) is 5.20. The molecule has 0 bridgehead atoms. The van der Waals surface area contributed by atoms with Gasteiger partial charge in [0.2, 0.25) is 5.91 Å². The van der Waals surface area contributed by atoms with E-state index < -0.39 is 6.10 Å². The molecule has 2 saturated heterocycles. The van der Waals surface area contributed by atoms with Crippen LogP contribution in [-0.2, 0) is 4.79 Å². The van der Waals surface area contributed by atoms with Gasteiger partial charge in [0.25, 0.3) is 0 Å². The lowest BCUT2D eigenvalue weighted by Crippen LogP contribution is -2.44. The Bertz CT molecular complexity index is 224. The van der Waals surface area contributed by atoms with Crippen molar-refractivity contribution in [3.8, 4) is 0 Å². The van der Waals surface area contributed by atoms with E-state index in [1.54, 1.807) is 0 Å². The Morgan fingerprint density at radius 2 is 2.00 bits per heavy atom. The average Bonchev–Trinajstić information content (AvgIpc) is 2.47. The average molecular weight is 197 g/mol. The Hall–Kier alpha value is -0.610. The summed E-state index contributed by atoms with van der Waals surface area (Å²) in [5.74, 6) is 0.111. The van der Waals surface area contributed by atoms with Gasteiger partial charge < -0.3 is 14.9 Å². The lowest BCUT2D eigenvalue weighted by Gasteiger charge is -2.34. The third kappa shape index (κ3) is 1.91. The van der Waals surface area contributed by atoms with Crippen molar-refractivity contribution in [2.24, 2.45) is 0 Å². The molecule has 1 N–H and O–H groups in total. The monoisotopic (exact) mass is 197 g/mol. The van der Waals surface area contributed by atoms with Gasteiger partial charge in [0.05, 0.1) is 12.5 Å². The number of hydrogen-bond acceptors (Lipinski definition) is 3. The first-order valence-corrected chi connectivity index (χ1v) is 5.20. The molecule has 0 aliphatic carbocycles. The molecule has 2 aliphatic rings. The number of aliphatic hydroxyl groups is 1. The molecule has 0 saturated carbocycles. The highest BCUT2D eigenvalue weighted by atomic mass is 16.3. The first-order chi connectivity index (χ1) is 6.66. The Kier molecular flexibility index (Phi) is 2.74. The van der Waals surface area contributed by atoms with Crippen LogP contribution in [0.2, 0.25) is 0 Å². The summed E-state index contributed by atoms with van der Waals surface area (Å²) in [4.78, 5) is 15.4. The minimum Gasteiger partial charge on any atom is -0.391 e. The lowest BCUT2D eigenvalue weighted by molar-refractivity contribution is -0.130. The summed E-state index contributed by atoms with van der Waals surface area (Å²) in [6, 6.07) is 0.331. The van der Waals surface area contributed by atoms with Gasteiger partial charge in [-0.15, -0.1) is 0 Å². The minimum absolute atomic E-state index is 0.111. The van der Waals surface area contributed by atoms with Crippen molar-refractivity contribution < 1.29 is 9.90 Å². The van der Waals surface area contributed by atoms with Crippen LogP contribution in [0.25, 0.3) is 0 Å². The van der Waals surface area contributed by atoms with Gasteiger partial charge in [0.15, 0.2) is 0 Å². The van der Waals surface area contributed by atoms with E-state index in [4.69, 9.17) is 0 Å². The molecular weight excluding hydrogens is 180 g/mol. The highest BCUT2D eigenvalue weighted by Gasteiger charge is 2.34. The van der Waals surface area contributed by atoms with Gasteiger partial charge in [-0.1, -0.05) is 0 Å². The van der Waals surface area contributed by atoms with Gasteiger partial charge in [-0.05, 0) is 12.8 Å². The molecule has 4 nitrogen and oxygen atoms in total. The molecule has 0 spiro atoms. The molecule has 2 rings (SSSR count). The van der Waals surface area contributed by atoms with Crippen molar-refractivity contribution in [1.29, 1.82) is 0 Å². The van der Waals surface area contributed by atoms with E-state index in [0.717, 1.165) is 25.9 Å². The van der Waals surface area contributed by atoms with Crippen molar-refractivity contribution in [3.05, 3.63) is 7.05 Å². The van der Waals surface area contributed by atoms with E-state index in [1.165, 1.54) is 0 Å². The number of nitrogens with zero attached hydrogens (tertiary/aromatic N) is 2. The van der Waals surface area contributed by atoms with Crippen LogP contribution >= 0.6 is 0 Å².